The molecule has 1 saturated heterocycles. The first kappa shape index (κ1) is 8.68. The average Bonchev–Trinajstić information content (AvgIpc) is 2.29. The average molecular weight is 158 g/mol. The molecule has 1 fully saturated rings. The van der Waals surface area contributed by atoms with E-state index < -0.39 is 5.79 Å². The van der Waals surface area contributed by atoms with Crippen molar-refractivity contribution in [1.29, 1.82) is 0 Å². The highest BCUT2D eigenvalue weighted by molar-refractivity contribution is 5.53. The van der Waals surface area contributed by atoms with E-state index in [4.69, 9.17) is 9.47 Å². The quantitative estimate of drug-likeness (QED) is 0.562. The zero-order valence-electron chi connectivity index (χ0n) is 7.16. The Labute approximate surface area is 66.7 Å². The van der Waals surface area contributed by atoms with Gasteiger partial charge in [0, 0.05) is 5.92 Å². The molecule has 0 aromatic heterocycles. The summed E-state index contributed by atoms with van der Waals surface area (Å²) in [7, 11) is 0. The third kappa shape index (κ3) is 2.01. The van der Waals surface area contributed by atoms with Gasteiger partial charge < -0.3 is 14.3 Å². The maximum atomic E-state index is 10.4. The lowest BCUT2D eigenvalue weighted by molar-refractivity contribution is -0.145. The lowest BCUT2D eigenvalue weighted by Gasteiger charge is -2.18. The molecule has 1 aliphatic heterocycles. The molecular weight excluding hydrogens is 144 g/mol. The van der Waals surface area contributed by atoms with Crippen molar-refractivity contribution >= 4 is 6.29 Å². The molecule has 1 heterocycles. The van der Waals surface area contributed by atoms with Crippen molar-refractivity contribution in [2.24, 2.45) is 5.92 Å². The first-order chi connectivity index (χ1) is 5.05. The molecule has 2 atom stereocenters. The van der Waals surface area contributed by atoms with Crippen molar-refractivity contribution in [3.8, 4) is 0 Å². The van der Waals surface area contributed by atoms with E-state index in [2.05, 4.69) is 0 Å². The van der Waals surface area contributed by atoms with Gasteiger partial charge in [-0.05, 0) is 13.8 Å². The summed E-state index contributed by atoms with van der Waals surface area (Å²) in [4.78, 5) is 10.4. The molecule has 1 aliphatic rings. The van der Waals surface area contributed by atoms with Crippen LogP contribution in [-0.2, 0) is 14.3 Å². The van der Waals surface area contributed by atoms with Crippen LogP contribution in [0.3, 0.4) is 0 Å². The fourth-order valence-corrected chi connectivity index (χ4v) is 1.06. The summed E-state index contributed by atoms with van der Waals surface area (Å²) >= 11 is 0. The second-order valence-corrected chi connectivity index (χ2v) is 3.36. The summed E-state index contributed by atoms with van der Waals surface area (Å²) in [5, 5.41) is 0. The monoisotopic (exact) mass is 158 g/mol. The van der Waals surface area contributed by atoms with Crippen molar-refractivity contribution in [2.75, 3.05) is 6.61 Å². The van der Waals surface area contributed by atoms with Crippen LogP contribution >= 0.6 is 0 Å². The van der Waals surface area contributed by atoms with Crippen molar-refractivity contribution in [2.45, 2.75) is 32.7 Å². The zero-order valence-corrected chi connectivity index (χ0v) is 7.16. The van der Waals surface area contributed by atoms with Crippen molar-refractivity contribution < 1.29 is 14.3 Å². The van der Waals surface area contributed by atoms with Gasteiger partial charge in [-0.15, -0.1) is 0 Å². The molecule has 0 aliphatic carbocycles. The van der Waals surface area contributed by atoms with E-state index in [-0.39, 0.29) is 12.0 Å². The Bertz CT molecular complexity index is 153. The topological polar surface area (TPSA) is 35.5 Å². The van der Waals surface area contributed by atoms with Gasteiger partial charge in [0.05, 0.1) is 12.7 Å². The molecule has 1 rings (SSSR count). The molecule has 0 amide bonds. The Hall–Kier alpha value is -0.410. The molecule has 0 saturated carbocycles. The third-order valence-corrected chi connectivity index (χ3v) is 1.83. The van der Waals surface area contributed by atoms with Crippen LogP contribution in [0.25, 0.3) is 0 Å². The van der Waals surface area contributed by atoms with Crippen LogP contribution < -0.4 is 0 Å². The summed E-state index contributed by atoms with van der Waals surface area (Å²) in [5.74, 6) is -0.584. The predicted octanol–water partition coefficient (Wildman–Crippen LogP) is 0.973. The second-order valence-electron chi connectivity index (χ2n) is 3.36. The fraction of sp³-hybridized carbons (Fsp3) is 0.875. The number of hydrogen-bond acceptors (Lipinski definition) is 3. The van der Waals surface area contributed by atoms with E-state index in [0.717, 1.165) is 6.29 Å². The SMILES string of the molecule is C[C@H](C=O)[C@@H]1COC(C)(C)O1. The first-order valence-corrected chi connectivity index (χ1v) is 3.82. The lowest BCUT2D eigenvalue weighted by Crippen LogP contribution is -2.25. The molecule has 0 aromatic rings. The van der Waals surface area contributed by atoms with Gasteiger partial charge >= 0.3 is 0 Å². The Morgan fingerprint density at radius 3 is 2.64 bits per heavy atom. The fourth-order valence-electron chi connectivity index (χ4n) is 1.06. The van der Waals surface area contributed by atoms with E-state index >= 15 is 0 Å². The number of ether oxygens (including phenoxy) is 2. The van der Waals surface area contributed by atoms with Gasteiger partial charge in [-0.3, -0.25) is 0 Å². The zero-order chi connectivity index (χ0) is 8.48. The summed E-state index contributed by atoms with van der Waals surface area (Å²) in [5.41, 5.74) is 0. The maximum absolute atomic E-state index is 10.4. The van der Waals surface area contributed by atoms with Crippen LogP contribution in [0, 0.1) is 5.92 Å². The summed E-state index contributed by atoms with van der Waals surface area (Å²) in [6, 6.07) is 0. The van der Waals surface area contributed by atoms with E-state index in [1.54, 1.807) is 0 Å². The Balaban J connectivity index is 2.47. The van der Waals surface area contributed by atoms with Crippen LogP contribution in [-0.4, -0.2) is 24.8 Å². The minimum absolute atomic E-state index is 0.0671. The first-order valence-electron chi connectivity index (χ1n) is 3.82. The van der Waals surface area contributed by atoms with Gasteiger partial charge in [-0.2, -0.15) is 0 Å². The molecule has 0 spiro atoms. The molecule has 11 heavy (non-hydrogen) atoms. The molecular formula is C8H14O3. The van der Waals surface area contributed by atoms with Gasteiger partial charge in [0.1, 0.15) is 6.29 Å². The molecule has 0 aromatic carbocycles. The van der Waals surface area contributed by atoms with Crippen molar-refractivity contribution in [1.82, 2.24) is 0 Å². The number of carbonyl (C=O) groups excluding carboxylic acids is 1. The van der Waals surface area contributed by atoms with Gasteiger partial charge in [-0.25, -0.2) is 0 Å². The van der Waals surface area contributed by atoms with Crippen molar-refractivity contribution in [3.63, 3.8) is 0 Å². The summed E-state index contributed by atoms with van der Waals surface area (Å²) in [6.45, 7) is 6.06. The van der Waals surface area contributed by atoms with Gasteiger partial charge in [-0.1, -0.05) is 6.92 Å². The third-order valence-electron chi connectivity index (χ3n) is 1.83. The highest BCUT2D eigenvalue weighted by atomic mass is 16.7. The van der Waals surface area contributed by atoms with Crippen LogP contribution in [0.1, 0.15) is 20.8 Å². The number of hydrogen-bond donors (Lipinski definition) is 0. The molecule has 0 bridgehead atoms. The Morgan fingerprint density at radius 2 is 2.27 bits per heavy atom. The number of carbonyl (C=O) groups is 1. The molecule has 64 valence electrons. The molecule has 0 N–H and O–H groups in total. The molecule has 0 unspecified atom stereocenters. The van der Waals surface area contributed by atoms with Crippen LogP contribution in [0.2, 0.25) is 0 Å². The second kappa shape index (κ2) is 2.91. The number of aldehydes is 1. The minimum atomic E-state index is -0.512. The van der Waals surface area contributed by atoms with E-state index in [1.165, 1.54) is 0 Å². The van der Waals surface area contributed by atoms with E-state index in [9.17, 15) is 4.79 Å². The van der Waals surface area contributed by atoms with Crippen LogP contribution in [0.4, 0.5) is 0 Å². The maximum Gasteiger partial charge on any atom is 0.163 e. The predicted molar refractivity (Wildman–Crippen MR) is 40.1 cm³/mol. The summed E-state index contributed by atoms with van der Waals surface area (Å²) < 4.78 is 10.7. The van der Waals surface area contributed by atoms with E-state index in [1.807, 2.05) is 20.8 Å². The van der Waals surface area contributed by atoms with Gasteiger partial charge in [0.15, 0.2) is 5.79 Å². The van der Waals surface area contributed by atoms with E-state index in [0.29, 0.717) is 6.61 Å². The minimum Gasteiger partial charge on any atom is -0.348 e. The van der Waals surface area contributed by atoms with Gasteiger partial charge in [0.25, 0.3) is 0 Å². The van der Waals surface area contributed by atoms with Crippen LogP contribution in [0.5, 0.6) is 0 Å². The van der Waals surface area contributed by atoms with Crippen molar-refractivity contribution in [3.05, 3.63) is 0 Å². The number of rotatable bonds is 2. The molecule has 0 radical (unpaired) electrons. The highest BCUT2D eigenvalue weighted by Gasteiger charge is 2.35. The van der Waals surface area contributed by atoms with Crippen LogP contribution in [0.15, 0.2) is 0 Å². The molecule has 3 heteroatoms. The smallest absolute Gasteiger partial charge is 0.163 e. The normalized spacial score (nSPS) is 31.7. The summed E-state index contributed by atoms with van der Waals surface area (Å²) in [6.07, 6.45) is 0.831. The molecule has 3 nitrogen and oxygen atoms in total. The standard InChI is InChI=1S/C8H14O3/c1-6(4-9)7-5-10-8(2,3)11-7/h4,6-7H,5H2,1-3H3/t6-,7+/m1/s1. The Morgan fingerprint density at radius 1 is 1.64 bits per heavy atom. The largest absolute Gasteiger partial charge is 0.348 e. The highest BCUT2D eigenvalue weighted by Crippen LogP contribution is 2.25. The van der Waals surface area contributed by atoms with Gasteiger partial charge in [0.2, 0.25) is 0 Å². The lowest BCUT2D eigenvalue weighted by atomic mass is 10.1. The Kier molecular flexibility index (Phi) is 2.30.